The van der Waals surface area contributed by atoms with Gasteiger partial charge in [0.1, 0.15) is 0 Å². The Hall–Kier alpha value is -2.47. The molecule has 7 heteroatoms. The number of benzene rings is 1. The van der Waals surface area contributed by atoms with Crippen molar-refractivity contribution in [3.63, 3.8) is 0 Å². The number of carbonyl (C=O) groups is 1. The molecule has 30 heavy (non-hydrogen) atoms. The van der Waals surface area contributed by atoms with Gasteiger partial charge in [0.05, 0.1) is 18.1 Å². The van der Waals surface area contributed by atoms with Gasteiger partial charge in [-0.15, -0.1) is 0 Å². The Kier molecular flexibility index (Phi) is 7.80. The summed E-state index contributed by atoms with van der Waals surface area (Å²) < 4.78 is 2.03. The van der Waals surface area contributed by atoms with E-state index >= 15 is 0 Å². The number of aliphatic imine (C=N–C) groups is 1. The van der Waals surface area contributed by atoms with Crippen molar-refractivity contribution in [2.75, 3.05) is 26.7 Å². The first-order chi connectivity index (χ1) is 14.5. The first-order valence-corrected chi connectivity index (χ1v) is 11.0. The van der Waals surface area contributed by atoms with Gasteiger partial charge in [-0.25, -0.2) is 4.99 Å². The second-order valence-corrected chi connectivity index (χ2v) is 8.27. The summed E-state index contributed by atoms with van der Waals surface area (Å²) in [5, 5.41) is 4.08. The van der Waals surface area contributed by atoms with Crippen molar-refractivity contribution >= 4 is 23.5 Å². The van der Waals surface area contributed by atoms with Crippen LogP contribution in [0.1, 0.15) is 47.8 Å². The van der Waals surface area contributed by atoms with Crippen molar-refractivity contribution in [3.05, 3.63) is 58.4 Å². The van der Waals surface area contributed by atoms with E-state index in [2.05, 4.69) is 17.1 Å². The second-order valence-electron chi connectivity index (χ2n) is 7.84. The fraction of sp³-hybridized carbons (Fsp3) is 0.478. The molecule has 0 bridgehead atoms. The highest BCUT2D eigenvalue weighted by Gasteiger charge is 2.18. The van der Waals surface area contributed by atoms with Gasteiger partial charge in [0.25, 0.3) is 5.91 Å². The van der Waals surface area contributed by atoms with Gasteiger partial charge in [-0.3, -0.25) is 4.79 Å². The number of hydrogen-bond acceptors (Lipinski definition) is 2. The number of amides is 1. The van der Waals surface area contributed by atoms with Gasteiger partial charge in [-0.05, 0) is 49.9 Å². The fourth-order valence-electron chi connectivity index (χ4n) is 3.71. The number of nitrogens with one attached hydrogen (secondary N) is 1. The molecule has 1 aromatic carbocycles. The number of likely N-dealkylation sites (tertiary alicyclic amines) is 1. The van der Waals surface area contributed by atoms with E-state index in [-0.39, 0.29) is 5.91 Å². The standard InChI is InChI=1S/C23H32ClN5O/c1-4-25-23(28(3)17-21-14-20(24)16-27(21)2)26-15-18-8-10-19(11-9-18)22(30)29-12-6-5-7-13-29/h8-11,14,16H,4-7,12-13,15,17H2,1-3H3,(H,25,26). The molecule has 0 atom stereocenters. The van der Waals surface area contributed by atoms with Crippen molar-refractivity contribution in [1.82, 2.24) is 19.7 Å². The van der Waals surface area contributed by atoms with Crippen molar-refractivity contribution in [3.8, 4) is 0 Å². The molecule has 6 nitrogen and oxygen atoms in total. The Labute approximate surface area is 184 Å². The number of halogens is 1. The van der Waals surface area contributed by atoms with Crippen LogP contribution in [0.3, 0.4) is 0 Å². The van der Waals surface area contributed by atoms with Crippen LogP contribution in [0.5, 0.6) is 0 Å². The minimum absolute atomic E-state index is 0.138. The van der Waals surface area contributed by atoms with E-state index < -0.39 is 0 Å². The minimum atomic E-state index is 0.138. The third-order valence-electron chi connectivity index (χ3n) is 5.43. The zero-order chi connectivity index (χ0) is 21.5. The number of rotatable bonds is 6. The fourth-order valence-corrected chi connectivity index (χ4v) is 3.98. The topological polar surface area (TPSA) is 52.9 Å². The molecule has 0 unspecified atom stereocenters. The van der Waals surface area contributed by atoms with Crippen molar-refractivity contribution < 1.29 is 4.79 Å². The number of carbonyl (C=O) groups excluding carboxylic acids is 1. The molecule has 1 fully saturated rings. The summed E-state index contributed by atoms with van der Waals surface area (Å²) in [6.45, 7) is 5.85. The van der Waals surface area contributed by atoms with Crippen LogP contribution < -0.4 is 5.32 Å². The summed E-state index contributed by atoms with van der Waals surface area (Å²) in [5.74, 6) is 0.974. The molecular weight excluding hydrogens is 398 g/mol. The molecule has 2 heterocycles. The minimum Gasteiger partial charge on any atom is -0.357 e. The Morgan fingerprint density at radius 1 is 1.20 bits per heavy atom. The third kappa shape index (κ3) is 5.79. The largest absolute Gasteiger partial charge is 0.357 e. The van der Waals surface area contributed by atoms with Gasteiger partial charge < -0.3 is 19.7 Å². The normalized spacial score (nSPS) is 14.7. The molecule has 1 aliphatic rings. The summed E-state index contributed by atoms with van der Waals surface area (Å²) in [6.07, 6.45) is 5.34. The van der Waals surface area contributed by atoms with E-state index in [0.717, 1.165) is 60.3 Å². The first-order valence-electron chi connectivity index (χ1n) is 10.7. The second kappa shape index (κ2) is 10.5. The maximum absolute atomic E-state index is 12.6. The Balaban J connectivity index is 1.63. The molecule has 1 saturated heterocycles. The molecule has 0 saturated carbocycles. The van der Waals surface area contributed by atoms with Gasteiger partial charge in [0.15, 0.2) is 5.96 Å². The lowest BCUT2D eigenvalue weighted by atomic mass is 10.1. The third-order valence-corrected chi connectivity index (χ3v) is 5.63. The van der Waals surface area contributed by atoms with Gasteiger partial charge >= 0.3 is 0 Å². The zero-order valence-electron chi connectivity index (χ0n) is 18.2. The highest BCUT2D eigenvalue weighted by Crippen LogP contribution is 2.16. The maximum atomic E-state index is 12.6. The molecule has 0 spiro atoms. The SMILES string of the molecule is CCNC(=NCc1ccc(C(=O)N2CCCCC2)cc1)N(C)Cc1cc(Cl)cn1C. The molecule has 3 rings (SSSR count). The molecule has 0 aliphatic carbocycles. The lowest BCUT2D eigenvalue weighted by Gasteiger charge is -2.26. The van der Waals surface area contributed by atoms with E-state index in [1.54, 1.807) is 0 Å². The number of nitrogens with zero attached hydrogens (tertiary/aromatic N) is 4. The van der Waals surface area contributed by atoms with E-state index in [1.807, 2.05) is 60.1 Å². The van der Waals surface area contributed by atoms with Crippen LogP contribution in [0.4, 0.5) is 0 Å². The van der Waals surface area contributed by atoms with Crippen molar-refractivity contribution in [2.24, 2.45) is 12.0 Å². The van der Waals surface area contributed by atoms with Gasteiger partial charge in [0.2, 0.25) is 0 Å². The molecule has 2 aromatic rings. The number of guanidine groups is 1. The molecular formula is C23H32ClN5O. The summed E-state index contributed by atoms with van der Waals surface area (Å²) in [6, 6.07) is 9.82. The monoisotopic (exact) mass is 429 g/mol. The average Bonchev–Trinajstić information content (AvgIpc) is 3.08. The lowest BCUT2D eigenvalue weighted by molar-refractivity contribution is 0.0724. The molecule has 1 amide bonds. The van der Waals surface area contributed by atoms with E-state index in [1.165, 1.54) is 6.42 Å². The van der Waals surface area contributed by atoms with E-state index in [0.29, 0.717) is 13.1 Å². The Morgan fingerprint density at radius 3 is 2.50 bits per heavy atom. The highest BCUT2D eigenvalue weighted by molar-refractivity contribution is 6.30. The lowest BCUT2D eigenvalue weighted by Crippen LogP contribution is -2.38. The molecule has 1 aromatic heterocycles. The number of aromatic nitrogens is 1. The van der Waals surface area contributed by atoms with Crippen LogP contribution in [-0.4, -0.2) is 52.9 Å². The number of piperidine rings is 1. The summed E-state index contributed by atoms with van der Waals surface area (Å²) in [4.78, 5) is 21.4. The smallest absolute Gasteiger partial charge is 0.253 e. The van der Waals surface area contributed by atoms with Crippen molar-refractivity contribution in [2.45, 2.75) is 39.3 Å². The predicted molar refractivity (Wildman–Crippen MR) is 123 cm³/mol. The first kappa shape index (κ1) is 22.2. The van der Waals surface area contributed by atoms with Crippen LogP contribution in [0.2, 0.25) is 5.02 Å². The van der Waals surface area contributed by atoms with E-state index in [9.17, 15) is 4.79 Å². The maximum Gasteiger partial charge on any atom is 0.253 e. The summed E-state index contributed by atoms with van der Waals surface area (Å²) >= 11 is 6.10. The Morgan fingerprint density at radius 2 is 1.90 bits per heavy atom. The molecule has 1 N–H and O–H groups in total. The van der Waals surface area contributed by atoms with Crippen LogP contribution in [0, 0.1) is 0 Å². The van der Waals surface area contributed by atoms with Crippen LogP contribution >= 0.6 is 11.6 Å². The van der Waals surface area contributed by atoms with Crippen LogP contribution in [-0.2, 0) is 20.1 Å². The van der Waals surface area contributed by atoms with Gasteiger partial charge in [0, 0.05) is 51.2 Å². The summed E-state index contributed by atoms with van der Waals surface area (Å²) in [7, 11) is 4.01. The van der Waals surface area contributed by atoms with Crippen LogP contribution in [0.15, 0.2) is 41.5 Å². The number of hydrogen-bond donors (Lipinski definition) is 1. The Bertz CT molecular complexity index is 868. The summed E-state index contributed by atoms with van der Waals surface area (Å²) in [5.41, 5.74) is 2.96. The van der Waals surface area contributed by atoms with Crippen molar-refractivity contribution in [1.29, 1.82) is 0 Å². The number of aryl methyl sites for hydroxylation is 1. The zero-order valence-corrected chi connectivity index (χ0v) is 19.0. The highest BCUT2D eigenvalue weighted by atomic mass is 35.5. The van der Waals surface area contributed by atoms with Crippen LogP contribution in [0.25, 0.3) is 0 Å². The van der Waals surface area contributed by atoms with Gasteiger partial charge in [-0.2, -0.15) is 0 Å². The quantitative estimate of drug-likeness (QED) is 0.559. The van der Waals surface area contributed by atoms with E-state index in [4.69, 9.17) is 16.6 Å². The predicted octanol–water partition coefficient (Wildman–Crippen LogP) is 3.90. The molecule has 1 aliphatic heterocycles. The molecule has 0 radical (unpaired) electrons. The van der Waals surface area contributed by atoms with Gasteiger partial charge in [-0.1, -0.05) is 23.7 Å². The average molecular weight is 430 g/mol. The molecule has 162 valence electrons.